The number of thiazole rings is 1. The van der Waals surface area contributed by atoms with E-state index < -0.39 is 6.10 Å². The summed E-state index contributed by atoms with van der Waals surface area (Å²) in [5.74, 6) is 0.896. The molecule has 0 bridgehead atoms. The molecular weight excluding hydrogens is 348 g/mol. The summed E-state index contributed by atoms with van der Waals surface area (Å²) in [7, 11) is 0. The third-order valence-electron chi connectivity index (χ3n) is 4.12. The van der Waals surface area contributed by atoms with E-state index in [4.69, 9.17) is 9.47 Å². The molecule has 0 spiro atoms. The zero-order valence-corrected chi connectivity index (χ0v) is 15.1. The van der Waals surface area contributed by atoms with Crippen molar-refractivity contribution in [3.63, 3.8) is 0 Å². The van der Waals surface area contributed by atoms with Crippen LogP contribution in [0.1, 0.15) is 11.1 Å². The Morgan fingerprint density at radius 1 is 1.19 bits per heavy atom. The molecule has 0 radical (unpaired) electrons. The van der Waals surface area contributed by atoms with E-state index in [1.54, 1.807) is 6.07 Å². The summed E-state index contributed by atoms with van der Waals surface area (Å²) in [5, 5.41) is 1.92. The van der Waals surface area contributed by atoms with Gasteiger partial charge in [0.25, 0.3) is 5.91 Å². The lowest BCUT2D eigenvalue weighted by Crippen LogP contribution is -2.36. The van der Waals surface area contributed by atoms with Crippen LogP contribution in [0.2, 0.25) is 0 Å². The number of hydrogen-bond acceptors (Lipinski definition) is 4. The van der Waals surface area contributed by atoms with Gasteiger partial charge in [-0.2, -0.15) is 4.99 Å². The molecule has 0 unspecified atom stereocenters. The minimum atomic E-state index is -0.722. The molecule has 26 heavy (non-hydrogen) atoms. The van der Waals surface area contributed by atoms with Gasteiger partial charge in [0, 0.05) is 18.1 Å². The standard InChI is InChI=1S/C20H18N2O3S/c1-14-6-8-15(9-7-14)12-22-10-11-26-20(22)21-19(23)18-13-24-16-4-2-3-5-17(16)25-18/h2-11,18H,12-13H2,1H3/t18-/m0/s1. The molecule has 1 aromatic heterocycles. The van der Waals surface area contributed by atoms with Crippen molar-refractivity contribution in [2.75, 3.05) is 6.61 Å². The predicted octanol–water partition coefficient (Wildman–Crippen LogP) is 3.17. The van der Waals surface area contributed by atoms with Crippen molar-refractivity contribution in [1.29, 1.82) is 0 Å². The van der Waals surface area contributed by atoms with E-state index in [1.807, 2.05) is 34.3 Å². The summed E-state index contributed by atoms with van der Waals surface area (Å²) in [6, 6.07) is 15.7. The van der Waals surface area contributed by atoms with Gasteiger partial charge in [0.15, 0.2) is 16.3 Å². The van der Waals surface area contributed by atoms with E-state index in [9.17, 15) is 4.79 Å². The van der Waals surface area contributed by atoms with E-state index >= 15 is 0 Å². The van der Waals surface area contributed by atoms with Crippen LogP contribution in [0.3, 0.4) is 0 Å². The molecule has 3 aromatic rings. The number of amides is 1. The number of hydrogen-bond donors (Lipinski definition) is 0. The fourth-order valence-corrected chi connectivity index (χ4v) is 3.44. The van der Waals surface area contributed by atoms with Crippen LogP contribution in [0.15, 0.2) is 65.1 Å². The predicted molar refractivity (Wildman–Crippen MR) is 99.5 cm³/mol. The lowest BCUT2D eigenvalue weighted by molar-refractivity contribution is -0.127. The number of aromatic nitrogens is 1. The quantitative estimate of drug-likeness (QED) is 0.715. The molecule has 0 fully saturated rings. The molecule has 0 saturated carbocycles. The molecule has 0 aliphatic carbocycles. The Kier molecular flexibility index (Phi) is 4.58. The molecule has 132 valence electrons. The molecule has 0 saturated heterocycles. The van der Waals surface area contributed by atoms with Crippen LogP contribution in [0.5, 0.6) is 11.5 Å². The number of fused-ring (bicyclic) bond motifs is 1. The van der Waals surface area contributed by atoms with E-state index in [-0.39, 0.29) is 12.5 Å². The van der Waals surface area contributed by atoms with Gasteiger partial charge in [0.05, 0.1) is 0 Å². The number of rotatable bonds is 3. The summed E-state index contributed by atoms with van der Waals surface area (Å²) in [6.45, 7) is 2.90. The van der Waals surface area contributed by atoms with Crippen molar-refractivity contribution >= 4 is 17.2 Å². The van der Waals surface area contributed by atoms with E-state index in [2.05, 4.69) is 36.2 Å². The second-order valence-electron chi connectivity index (χ2n) is 6.11. The minimum Gasteiger partial charge on any atom is -0.485 e. The van der Waals surface area contributed by atoms with Gasteiger partial charge in [-0.25, -0.2) is 0 Å². The first-order valence-electron chi connectivity index (χ1n) is 8.35. The first kappa shape index (κ1) is 16.6. The Morgan fingerprint density at radius 3 is 2.77 bits per heavy atom. The van der Waals surface area contributed by atoms with E-state index in [1.165, 1.54) is 16.9 Å². The Labute approximate surface area is 155 Å². The summed E-state index contributed by atoms with van der Waals surface area (Å²) in [5.41, 5.74) is 2.38. The molecule has 5 nitrogen and oxygen atoms in total. The first-order chi connectivity index (χ1) is 12.7. The van der Waals surface area contributed by atoms with Crippen molar-refractivity contribution in [3.8, 4) is 11.5 Å². The number of carbonyl (C=O) groups is 1. The second-order valence-corrected chi connectivity index (χ2v) is 6.99. The molecule has 1 aliphatic rings. The monoisotopic (exact) mass is 366 g/mol. The highest BCUT2D eigenvalue weighted by Gasteiger charge is 2.27. The fraction of sp³-hybridized carbons (Fsp3) is 0.200. The van der Waals surface area contributed by atoms with E-state index in [0.29, 0.717) is 22.8 Å². The number of aryl methyl sites for hydroxylation is 1. The average Bonchev–Trinajstić information content (AvgIpc) is 3.10. The maximum Gasteiger partial charge on any atom is 0.292 e. The molecule has 2 aromatic carbocycles. The highest BCUT2D eigenvalue weighted by molar-refractivity contribution is 7.07. The second kappa shape index (κ2) is 7.17. The van der Waals surface area contributed by atoms with Crippen LogP contribution in [0.4, 0.5) is 0 Å². The molecule has 0 N–H and O–H groups in total. The number of carbonyl (C=O) groups excluding carboxylic acids is 1. The molecular formula is C20H18N2O3S. The van der Waals surface area contributed by atoms with Gasteiger partial charge in [0.2, 0.25) is 6.10 Å². The maximum absolute atomic E-state index is 12.5. The van der Waals surface area contributed by atoms with Gasteiger partial charge in [-0.15, -0.1) is 11.3 Å². The lowest BCUT2D eigenvalue weighted by atomic mass is 10.1. The number of nitrogens with zero attached hydrogens (tertiary/aromatic N) is 2. The minimum absolute atomic E-state index is 0.169. The van der Waals surface area contributed by atoms with Crippen molar-refractivity contribution in [3.05, 3.63) is 76.0 Å². The highest BCUT2D eigenvalue weighted by Crippen LogP contribution is 2.31. The van der Waals surface area contributed by atoms with Crippen LogP contribution < -0.4 is 14.3 Å². The summed E-state index contributed by atoms with van der Waals surface area (Å²) >= 11 is 1.43. The van der Waals surface area contributed by atoms with Crippen molar-refractivity contribution in [2.45, 2.75) is 19.6 Å². The zero-order valence-electron chi connectivity index (χ0n) is 14.3. The summed E-state index contributed by atoms with van der Waals surface area (Å²) in [4.78, 5) is 17.5. The summed E-state index contributed by atoms with van der Waals surface area (Å²) < 4.78 is 13.3. The molecule has 6 heteroatoms. The zero-order chi connectivity index (χ0) is 17.9. The third kappa shape index (κ3) is 3.55. The Morgan fingerprint density at radius 2 is 1.96 bits per heavy atom. The topological polar surface area (TPSA) is 52.8 Å². The number of benzene rings is 2. The van der Waals surface area contributed by atoms with Crippen molar-refractivity contribution in [2.24, 2.45) is 4.99 Å². The number of ether oxygens (including phenoxy) is 2. The smallest absolute Gasteiger partial charge is 0.292 e. The molecule has 1 aliphatic heterocycles. The molecule has 1 atom stereocenters. The van der Waals surface area contributed by atoms with Crippen LogP contribution in [0.25, 0.3) is 0 Å². The molecule has 2 heterocycles. The van der Waals surface area contributed by atoms with Crippen LogP contribution in [-0.4, -0.2) is 23.2 Å². The maximum atomic E-state index is 12.5. The van der Waals surface area contributed by atoms with Gasteiger partial charge in [-0.3, -0.25) is 4.79 Å². The van der Waals surface area contributed by atoms with Crippen LogP contribution in [0, 0.1) is 6.92 Å². The normalized spacial score (nSPS) is 16.5. The number of para-hydroxylation sites is 2. The Bertz CT molecular complexity index is 989. The van der Waals surface area contributed by atoms with E-state index in [0.717, 1.165) is 5.56 Å². The van der Waals surface area contributed by atoms with Crippen molar-refractivity contribution in [1.82, 2.24) is 4.57 Å². The lowest BCUT2D eigenvalue weighted by Gasteiger charge is -2.23. The Balaban J connectivity index is 1.53. The van der Waals surface area contributed by atoms with Gasteiger partial charge in [-0.05, 0) is 24.6 Å². The molecule has 1 amide bonds. The van der Waals surface area contributed by atoms with Crippen LogP contribution >= 0.6 is 11.3 Å². The van der Waals surface area contributed by atoms with Gasteiger partial charge in [0.1, 0.15) is 6.61 Å². The highest BCUT2D eigenvalue weighted by atomic mass is 32.1. The van der Waals surface area contributed by atoms with Gasteiger partial charge in [-0.1, -0.05) is 42.0 Å². The van der Waals surface area contributed by atoms with Crippen molar-refractivity contribution < 1.29 is 14.3 Å². The SMILES string of the molecule is Cc1ccc(Cn2ccsc2=NC(=O)[C@@H]2COc3ccccc3O2)cc1. The molecule has 4 rings (SSSR count). The third-order valence-corrected chi connectivity index (χ3v) is 4.92. The fourth-order valence-electron chi connectivity index (χ4n) is 2.70. The largest absolute Gasteiger partial charge is 0.485 e. The Hall–Kier alpha value is -2.86. The van der Waals surface area contributed by atoms with Gasteiger partial charge >= 0.3 is 0 Å². The summed E-state index contributed by atoms with van der Waals surface area (Å²) in [6.07, 6.45) is 1.21. The first-order valence-corrected chi connectivity index (χ1v) is 9.23. The van der Waals surface area contributed by atoms with Crippen LogP contribution in [-0.2, 0) is 11.3 Å². The average molecular weight is 366 g/mol. The van der Waals surface area contributed by atoms with Gasteiger partial charge < -0.3 is 14.0 Å².